The molecular weight excluding hydrogens is 329 g/mol. The first kappa shape index (κ1) is 16.2. The van der Waals surface area contributed by atoms with Gasteiger partial charge in [0.1, 0.15) is 5.82 Å². The summed E-state index contributed by atoms with van der Waals surface area (Å²) in [6.45, 7) is 1.76. The van der Waals surface area contributed by atoms with E-state index in [1.165, 1.54) is 6.07 Å². The van der Waals surface area contributed by atoms with Crippen LogP contribution in [0, 0.1) is 12.7 Å². The van der Waals surface area contributed by atoms with Gasteiger partial charge in [0.05, 0.1) is 11.3 Å². The van der Waals surface area contributed by atoms with Crippen molar-refractivity contribution in [1.82, 2.24) is 9.78 Å². The standard InChI is InChI=1S/C18H15ClFN3O/c1-11-15(10-23(2)22-11)18(24)21-17-6-4-3-5-14(17)13-8-7-12(19)9-16(13)20/h3-10H,1-2H3,(H,21,24). The Morgan fingerprint density at radius 1 is 1.21 bits per heavy atom. The number of halogens is 2. The van der Waals surface area contributed by atoms with Gasteiger partial charge in [-0.15, -0.1) is 0 Å². The Morgan fingerprint density at radius 3 is 2.62 bits per heavy atom. The van der Waals surface area contributed by atoms with E-state index in [1.54, 1.807) is 61.2 Å². The van der Waals surface area contributed by atoms with Crippen LogP contribution in [0.15, 0.2) is 48.7 Å². The molecule has 0 aliphatic rings. The van der Waals surface area contributed by atoms with Crippen molar-refractivity contribution in [1.29, 1.82) is 0 Å². The lowest BCUT2D eigenvalue weighted by atomic mass is 10.0. The molecule has 0 saturated heterocycles. The van der Waals surface area contributed by atoms with Gasteiger partial charge in [-0.1, -0.05) is 29.8 Å². The SMILES string of the molecule is Cc1nn(C)cc1C(=O)Nc1ccccc1-c1ccc(Cl)cc1F. The van der Waals surface area contributed by atoms with Gasteiger partial charge in [-0.25, -0.2) is 4.39 Å². The van der Waals surface area contributed by atoms with Crippen LogP contribution >= 0.6 is 11.6 Å². The maximum atomic E-state index is 14.2. The van der Waals surface area contributed by atoms with Crippen molar-refractivity contribution in [2.75, 3.05) is 5.32 Å². The van der Waals surface area contributed by atoms with Gasteiger partial charge in [0.2, 0.25) is 0 Å². The highest BCUT2D eigenvalue weighted by molar-refractivity contribution is 6.30. The molecule has 0 radical (unpaired) electrons. The fourth-order valence-electron chi connectivity index (χ4n) is 2.55. The first-order valence-electron chi connectivity index (χ1n) is 7.32. The fourth-order valence-corrected chi connectivity index (χ4v) is 2.71. The topological polar surface area (TPSA) is 46.9 Å². The fraction of sp³-hybridized carbons (Fsp3) is 0.111. The Balaban J connectivity index is 1.98. The van der Waals surface area contributed by atoms with Crippen LogP contribution in [0.5, 0.6) is 0 Å². The summed E-state index contributed by atoms with van der Waals surface area (Å²) in [6, 6.07) is 11.5. The Bertz CT molecular complexity index is 920. The lowest BCUT2D eigenvalue weighted by molar-refractivity contribution is 0.102. The normalized spacial score (nSPS) is 10.7. The van der Waals surface area contributed by atoms with E-state index in [0.29, 0.717) is 33.1 Å². The molecule has 4 nitrogen and oxygen atoms in total. The smallest absolute Gasteiger partial charge is 0.259 e. The van der Waals surface area contributed by atoms with Crippen molar-refractivity contribution >= 4 is 23.2 Å². The summed E-state index contributed by atoms with van der Waals surface area (Å²) in [5.41, 5.74) is 2.58. The summed E-state index contributed by atoms with van der Waals surface area (Å²) in [7, 11) is 1.75. The molecule has 1 N–H and O–H groups in total. The number of aromatic nitrogens is 2. The summed E-state index contributed by atoms with van der Waals surface area (Å²) in [5.74, 6) is -0.732. The van der Waals surface area contributed by atoms with Crippen molar-refractivity contribution in [3.63, 3.8) is 0 Å². The number of rotatable bonds is 3. The highest BCUT2D eigenvalue weighted by atomic mass is 35.5. The average Bonchev–Trinajstić information content (AvgIpc) is 2.87. The van der Waals surface area contributed by atoms with Crippen molar-refractivity contribution < 1.29 is 9.18 Å². The predicted molar refractivity (Wildman–Crippen MR) is 92.7 cm³/mol. The number of aryl methyl sites for hydroxylation is 2. The largest absolute Gasteiger partial charge is 0.321 e. The zero-order valence-corrected chi connectivity index (χ0v) is 13.9. The number of hydrogen-bond acceptors (Lipinski definition) is 2. The van der Waals surface area contributed by atoms with Crippen LogP contribution in [0.1, 0.15) is 16.1 Å². The van der Waals surface area contributed by atoms with E-state index in [2.05, 4.69) is 10.4 Å². The quantitative estimate of drug-likeness (QED) is 0.764. The van der Waals surface area contributed by atoms with Gasteiger partial charge in [-0.3, -0.25) is 9.48 Å². The maximum absolute atomic E-state index is 14.2. The van der Waals surface area contributed by atoms with Crippen molar-refractivity contribution in [2.24, 2.45) is 7.05 Å². The van der Waals surface area contributed by atoms with Gasteiger partial charge in [0.15, 0.2) is 0 Å². The molecule has 0 saturated carbocycles. The second-order valence-electron chi connectivity index (χ2n) is 5.43. The maximum Gasteiger partial charge on any atom is 0.259 e. The molecule has 6 heteroatoms. The number of para-hydroxylation sites is 1. The number of carbonyl (C=O) groups is 1. The number of nitrogens with one attached hydrogen (secondary N) is 1. The van der Waals surface area contributed by atoms with Crippen molar-refractivity contribution in [3.8, 4) is 11.1 Å². The van der Waals surface area contributed by atoms with Crippen LogP contribution in [0.4, 0.5) is 10.1 Å². The number of anilines is 1. The molecule has 3 aromatic rings. The Morgan fingerprint density at radius 2 is 1.96 bits per heavy atom. The lowest BCUT2D eigenvalue weighted by Crippen LogP contribution is -2.13. The summed E-state index contributed by atoms with van der Waals surface area (Å²) in [5, 5.41) is 7.31. The molecule has 0 unspecified atom stereocenters. The Labute approximate surface area is 143 Å². The lowest BCUT2D eigenvalue weighted by Gasteiger charge is -2.12. The Hall–Kier alpha value is -2.66. The second-order valence-corrected chi connectivity index (χ2v) is 5.86. The third kappa shape index (κ3) is 3.16. The minimum absolute atomic E-state index is 0.289. The van der Waals surface area contributed by atoms with Crippen molar-refractivity contribution in [3.05, 3.63) is 70.8 Å². The molecule has 2 aromatic carbocycles. The van der Waals surface area contributed by atoms with Gasteiger partial charge in [0, 0.05) is 35.1 Å². The minimum Gasteiger partial charge on any atom is -0.321 e. The molecule has 122 valence electrons. The van der Waals surface area contributed by atoms with Gasteiger partial charge in [-0.05, 0) is 31.2 Å². The Kier molecular flexibility index (Phi) is 4.36. The van der Waals surface area contributed by atoms with Gasteiger partial charge >= 0.3 is 0 Å². The van der Waals surface area contributed by atoms with Crippen LogP contribution in [-0.2, 0) is 7.05 Å². The van der Waals surface area contributed by atoms with Crippen LogP contribution in [0.25, 0.3) is 11.1 Å². The molecule has 1 aromatic heterocycles. The van der Waals surface area contributed by atoms with E-state index in [4.69, 9.17) is 11.6 Å². The molecule has 0 bridgehead atoms. The number of amides is 1. The summed E-state index contributed by atoms with van der Waals surface area (Å²) in [4.78, 5) is 12.5. The van der Waals surface area contributed by atoms with Gasteiger partial charge in [0.25, 0.3) is 5.91 Å². The average molecular weight is 344 g/mol. The zero-order chi connectivity index (χ0) is 17.3. The molecule has 1 amide bonds. The molecule has 0 aliphatic carbocycles. The van der Waals surface area contributed by atoms with Crippen molar-refractivity contribution in [2.45, 2.75) is 6.92 Å². The molecule has 1 heterocycles. The first-order valence-corrected chi connectivity index (χ1v) is 7.69. The third-order valence-corrected chi connectivity index (χ3v) is 3.89. The highest BCUT2D eigenvalue weighted by Gasteiger charge is 2.16. The zero-order valence-electron chi connectivity index (χ0n) is 13.2. The van der Waals surface area contributed by atoms with Crippen LogP contribution in [0.3, 0.4) is 0 Å². The molecule has 0 spiro atoms. The summed E-state index contributed by atoms with van der Waals surface area (Å²) < 4.78 is 15.8. The van der Waals surface area contributed by atoms with Crippen LogP contribution in [-0.4, -0.2) is 15.7 Å². The monoisotopic (exact) mass is 343 g/mol. The van der Waals surface area contributed by atoms with E-state index in [9.17, 15) is 9.18 Å². The molecule has 3 rings (SSSR count). The second kappa shape index (κ2) is 6.45. The molecule has 0 fully saturated rings. The molecule has 0 aliphatic heterocycles. The predicted octanol–water partition coefficient (Wildman–Crippen LogP) is 4.44. The number of benzene rings is 2. The molecule has 24 heavy (non-hydrogen) atoms. The van der Waals surface area contributed by atoms with Crippen LogP contribution in [0.2, 0.25) is 5.02 Å². The van der Waals surface area contributed by atoms with Gasteiger partial charge < -0.3 is 5.32 Å². The van der Waals surface area contributed by atoms with E-state index in [0.717, 1.165) is 0 Å². The number of nitrogens with zero attached hydrogens (tertiary/aromatic N) is 2. The van der Waals surface area contributed by atoms with Crippen LogP contribution < -0.4 is 5.32 Å². The van der Waals surface area contributed by atoms with E-state index >= 15 is 0 Å². The first-order chi connectivity index (χ1) is 11.5. The number of carbonyl (C=O) groups excluding carboxylic acids is 1. The molecular formula is C18H15ClFN3O. The third-order valence-electron chi connectivity index (χ3n) is 3.65. The van der Waals surface area contributed by atoms with Gasteiger partial charge in [-0.2, -0.15) is 5.10 Å². The summed E-state index contributed by atoms with van der Waals surface area (Å²) in [6.07, 6.45) is 1.65. The minimum atomic E-state index is -0.443. The summed E-state index contributed by atoms with van der Waals surface area (Å²) >= 11 is 5.81. The van der Waals surface area contributed by atoms with E-state index in [-0.39, 0.29) is 5.91 Å². The highest BCUT2D eigenvalue weighted by Crippen LogP contribution is 2.31. The van der Waals surface area contributed by atoms with E-state index in [1.807, 2.05) is 0 Å². The van der Waals surface area contributed by atoms with E-state index < -0.39 is 5.82 Å². The number of hydrogen-bond donors (Lipinski definition) is 1. The molecule has 0 atom stereocenters.